The molecule has 2 N–H and O–H groups in total. The van der Waals surface area contributed by atoms with E-state index in [0.717, 1.165) is 0 Å². The van der Waals surface area contributed by atoms with Crippen molar-refractivity contribution in [2.45, 2.75) is 19.4 Å². The molecule has 0 aliphatic rings. The van der Waals surface area contributed by atoms with Crippen LogP contribution in [0.1, 0.15) is 19.5 Å². The van der Waals surface area contributed by atoms with E-state index in [2.05, 4.69) is 10.3 Å². The van der Waals surface area contributed by atoms with E-state index in [1.54, 1.807) is 12.3 Å². The molecule has 0 atom stereocenters. The molecule has 0 aliphatic carbocycles. The Morgan fingerprint density at radius 3 is 2.63 bits per heavy atom. The third kappa shape index (κ3) is 2.72. The summed E-state index contributed by atoms with van der Waals surface area (Å²) < 4.78 is 1.47. The lowest BCUT2D eigenvalue weighted by Gasteiger charge is -2.13. The van der Waals surface area contributed by atoms with Gasteiger partial charge in [0.2, 0.25) is 0 Å². The molecular weight excluding hydrogens is 270 g/mol. The molecule has 1 aromatic heterocycles. The van der Waals surface area contributed by atoms with Gasteiger partial charge in [-0.3, -0.25) is 10.1 Å². The first-order chi connectivity index (χ1) is 8.79. The van der Waals surface area contributed by atoms with Crippen molar-refractivity contribution in [1.29, 1.82) is 0 Å². The van der Waals surface area contributed by atoms with E-state index < -0.39 is 10.5 Å². The lowest BCUT2D eigenvalue weighted by Crippen LogP contribution is -2.29. The first-order valence-corrected chi connectivity index (χ1v) is 5.83. The van der Waals surface area contributed by atoms with Gasteiger partial charge in [-0.2, -0.15) is 0 Å². The molecule has 1 heterocycles. The van der Waals surface area contributed by atoms with Gasteiger partial charge in [0, 0.05) is 6.07 Å². The maximum Gasteiger partial charge on any atom is 0.288 e. The highest BCUT2D eigenvalue weighted by Gasteiger charge is 2.19. The number of nitrogens with two attached hydrogens (primary N) is 1. The van der Waals surface area contributed by atoms with Crippen molar-refractivity contribution < 1.29 is 4.92 Å². The number of nitro benzene ring substituents is 1. The van der Waals surface area contributed by atoms with Crippen LogP contribution in [-0.4, -0.2) is 19.9 Å². The van der Waals surface area contributed by atoms with Gasteiger partial charge in [0.25, 0.3) is 5.69 Å². The molecule has 0 saturated carbocycles. The molecule has 0 spiro atoms. The van der Waals surface area contributed by atoms with Crippen LogP contribution in [0, 0.1) is 10.1 Å². The van der Waals surface area contributed by atoms with Crippen LogP contribution < -0.4 is 5.73 Å². The normalized spacial score (nSPS) is 11.6. The van der Waals surface area contributed by atoms with Gasteiger partial charge in [-0.25, -0.2) is 4.68 Å². The van der Waals surface area contributed by atoms with Crippen molar-refractivity contribution in [3.05, 3.63) is 45.2 Å². The van der Waals surface area contributed by atoms with Crippen LogP contribution >= 0.6 is 11.6 Å². The summed E-state index contributed by atoms with van der Waals surface area (Å²) >= 11 is 5.84. The maximum atomic E-state index is 10.7. The Balaban J connectivity index is 2.40. The summed E-state index contributed by atoms with van der Waals surface area (Å²) in [4.78, 5) is 10.1. The van der Waals surface area contributed by atoms with Crippen molar-refractivity contribution in [1.82, 2.24) is 15.0 Å². The summed E-state index contributed by atoms with van der Waals surface area (Å²) in [5.41, 5.74) is 6.35. The molecule has 0 fully saturated rings. The van der Waals surface area contributed by atoms with Crippen molar-refractivity contribution >= 4 is 17.3 Å². The molecule has 1 aromatic carbocycles. The zero-order valence-electron chi connectivity index (χ0n) is 10.4. The SMILES string of the molecule is CC(C)(N)c1cn(-c2ccc([N+](=O)[O-])c(Cl)c2)nn1. The third-order valence-electron chi connectivity index (χ3n) is 2.55. The van der Waals surface area contributed by atoms with E-state index in [9.17, 15) is 10.1 Å². The Kier molecular flexibility index (Phi) is 3.25. The minimum Gasteiger partial charge on any atom is -0.320 e. The lowest BCUT2D eigenvalue weighted by atomic mass is 10.0. The largest absolute Gasteiger partial charge is 0.320 e. The van der Waals surface area contributed by atoms with Crippen LogP contribution in [0.25, 0.3) is 5.69 Å². The van der Waals surface area contributed by atoms with Crippen LogP contribution in [0.4, 0.5) is 5.69 Å². The van der Waals surface area contributed by atoms with E-state index in [-0.39, 0.29) is 10.7 Å². The molecule has 100 valence electrons. The van der Waals surface area contributed by atoms with Crippen molar-refractivity contribution in [2.24, 2.45) is 5.73 Å². The molecule has 7 nitrogen and oxygen atoms in total. The highest BCUT2D eigenvalue weighted by atomic mass is 35.5. The first-order valence-electron chi connectivity index (χ1n) is 5.45. The predicted molar refractivity (Wildman–Crippen MR) is 70.2 cm³/mol. The molecule has 0 aliphatic heterocycles. The van der Waals surface area contributed by atoms with Gasteiger partial charge in [0.1, 0.15) is 10.7 Å². The monoisotopic (exact) mass is 281 g/mol. The maximum absolute atomic E-state index is 10.7. The second kappa shape index (κ2) is 4.60. The fraction of sp³-hybridized carbons (Fsp3) is 0.273. The molecule has 19 heavy (non-hydrogen) atoms. The van der Waals surface area contributed by atoms with E-state index >= 15 is 0 Å². The zero-order chi connectivity index (χ0) is 14.2. The van der Waals surface area contributed by atoms with Crippen LogP contribution in [0.5, 0.6) is 0 Å². The topological polar surface area (TPSA) is 99.9 Å². The summed E-state index contributed by atoms with van der Waals surface area (Å²) in [6.45, 7) is 3.62. The average molecular weight is 282 g/mol. The van der Waals surface area contributed by atoms with Gasteiger partial charge in [-0.15, -0.1) is 5.10 Å². The number of benzene rings is 1. The van der Waals surface area contributed by atoms with Gasteiger partial charge in [0.05, 0.1) is 22.3 Å². The van der Waals surface area contributed by atoms with Crippen molar-refractivity contribution in [3.63, 3.8) is 0 Å². The molecule has 0 saturated heterocycles. The quantitative estimate of drug-likeness (QED) is 0.685. The summed E-state index contributed by atoms with van der Waals surface area (Å²) in [6, 6.07) is 4.33. The summed E-state index contributed by atoms with van der Waals surface area (Å²) in [6.07, 6.45) is 1.66. The minimum atomic E-state index is -0.608. The Hall–Kier alpha value is -1.99. The molecule has 0 amide bonds. The number of nitro groups is 1. The summed E-state index contributed by atoms with van der Waals surface area (Å²) in [5.74, 6) is 0. The van der Waals surface area contributed by atoms with E-state index in [1.165, 1.54) is 16.8 Å². The van der Waals surface area contributed by atoms with Crippen molar-refractivity contribution in [2.75, 3.05) is 0 Å². The highest BCUT2D eigenvalue weighted by Crippen LogP contribution is 2.26. The Morgan fingerprint density at radius 1 is 1.47 bits per heavy atom. The van der Waals surface area contributed by atoms with E-state index in [4.69, 9.17) is 17.3 Å². The van der Waals surface area contributed by atoms with Crippen LogP contribution in [0.15, 0.2) is 24.4 Å². The smallest absolute Gasteiger partial charge is 0.288 e. The van der Waals surface area contributed by atoms with Crippen LogP contribution in [-0.2, 0) is 5.54 Å². The molecule has 2 rings (SSSR count). The van der Waals surface area contributed by atoms with Gasteiger partial charge in [0.15, 0.2) is 0 Å². The fourth-order valence-corrected chi connectivity index (χ4v) is 1.72. The number of rotatable bonds is 3. The Labute approximate surface area is 114 Å². The fourth-order valence-electron chi connectivity index (χ4n) is 1.47. The predicted octanol–water partition coefficient (Wildman–Crippen LogP) is 2.02. The standard InChI is InChI=1S/C11H12ClN5O2/c1-11(2,13)10-6-16(15-14-10)7-3-4-9(17(18)19)8(12)5-7/h3-6H,13H2,1-2H3. The lowest BCUT2D eigenvalue weighted by molar-refractivity contribution is -0.384. The highest BCUT2D eigenvalue weighted by molar-refractivity contribution is 6.32. The Morgan fingerprint density at radius 2 is 2.16 bits per heavy atom. The van der Waals surface area contributed by atoms with Gasteiger partial charge < -0.3 is 5.73 Å². The summed E-state index contributed by atoms with van der Waals surface area (Å²) in [5, 5.41) is 18.6. The molecule has 0 unspecified atom stereocenters. The second-order valence-electron chi connectivity index (χ2n) is 4.66. The first kappa shape index (κ1) is 13.4. The van der Waals surface area contributed by atoms with Gasteiger partial charge >= 0.3 is 0 Å². The number of nitrogens with zero attached hydrogens (tertiary/aromatic N) is 4. The zero-order valence-corrected chi connectivity index (χ0v) is 11.1. The number of hydrogen-bond donors (Lipinski definition) is 1. The third-order valence-corrected chi connectivity index (χ3v) is 2.85. The van der Waals surface area contributed by atoms with Crippen LogP contribution in [0.2, 0.25) is 5.02 Å². The second-order valence-corrected chi connectivity index (χ2v) is 5.07. The van der Waals surface area contributed by atoms with Gasteiger partial charge in [-0.05, 0) is 26.0 Å². The van der Waals surface area contributed by atoms with Gasteiger partial charge in [-0.1, -0.05) is 16.8 Å². The van der Waals surface area contributed by atoms with E-state index in [1.807, 2.05) is 13.8 Å². The molecule has 0 radical (unpaired) electrons. The summed E-state index contributed by atoms with van der Waals surface area (Å²) in [7, 11) is 0. The van der Waals surface area contributed by atoms with Crippen molar-refractivity contribution in [3.8, 4) is 5.69 Å². The number of aromatic nitrogens is 3. The van der Waals surface area contributed by atoms with Crippen LogP contribution in [0.3, 0.4) is 0 Å². The molecule has 0 bridgehead atoms. The number of halogens is 1. The molecule has 2 aromatic rings. The minimum absolute atomic E-state index is 0.0477. The Bertz CT molecular complexity index is 632. The molecule has 8 heteroatoms. The molecular formula is C11H12ClN5O2. The number of hydrogen-bond acceptors (Lipinski definition) is 5. The average Bonchev–Trinajstić information content (AvgIpc) is 2.76. The van der Waals surface area contributed by atoms with E-state index in [0.29, 0.717) is 11.4 Å².